The van der Waals surface area contributed by atoms with Gasteiger partial charge in [-0.15, -0.1) is 0 Å². The van der Waals surface area contributed by atoms with E-state index in [1.54, 1.807) is 0 Å². The van der Waals surface area contributed by atoms with E-state index in [-0.39, 0.29) is 0 Å². The van der Waals surface area contributed by atoms with E-state index in [0.717, 1.165) is 50.2 Å². The van der Waals surface area contributed by atoms with Crippen molar-refractivity contribution in [2.45, 2.75) is 46.0 Å². The zero-order valence-corrected chi connectivity index (χ0v) is 16.2. The largest absolute Gasteiger partial charge is 0.407 e. The lowest BCUT2D eigenvalue weighted by Crippen LogP contribution is -2.39. The highest BCUT2D eigenvalue weighted by molar-refractivity contribution is 5.49. The standard InChI is InChI=1S/C22H31N3O/c1-17-13-18(2)16-25(15-17)21-20(14-19-9-5-3-6-10-19)23-22(26-21)24-11-7-4-8-12-24/h3,5-6,9-10,17-18H,4,7-8,11-16H2,1-2H3. The first-order chi connectivity index (χ1) is 12.7. The van der Waals surface area contributed by atoms with Crippen molar-refractivity contribution < 1.29 is 4.42 Å². The number of anilines is 2. The van der Waals surface area contributed by atoms with Crippen LogP contribution in [-0.4, -0.2) is 31.2 Å². The van der Waals surface area contributed by atoms with E-state index >= 15 is 0 Å². The number of nitrogens with zero attached hydrogens (tertiary/aromatic N) is 3. The average molecular weight is 354 g/mol. The van der Waals surface area contributed by atoms with Crippen LogP contribution in [0.4, 0.5) is 11.9 Å². The molecule has 0 bridgehead atoms. The number of hydrogen-bond acceptors (Lipinski definition) is 4. The average Bonchev–Trinajstić information content (AvgIpc) is 3.06. The van der Waals surface area contributed by atoms with Gasteiger partial charge in [-0.1, -0.05) is 44.2 Å². The molecule has 0 radical (unpaired) electrons. The molecule has 0 amide bonds. The quantitative estimate of drug-likeness (QED) is 0.795. The Labute approximate surface area is 157 Å². The van der Waals surface area contributed by atoms with E-state index in [2.05, 4.69) is 54.0 Å². The van der Waals surface area contributed by atoms with Crippen molar-refractivity contribution in [3.8, 4) is 0 Å². The summed E-state index contributed by atoms with van der Waals surface area (Å²) in [7, 11) is 0. The smallest absolute Gasteiger partial charge is 0.299 e. The maximum atomic E-state index is 6.40. The first kappa shape index (κ1) is 17.4. The van der Waals surface area contributed by atoms with E-state index in [9.17, 15) is 0 Å². The molecular formula is C22H31N3O. The molecule has 2 aliphatic heterocycles. The summed E-state index contributed by atoms with van der Waals surface area (Å²) in [6.07, 6.45) is 5.94. The van der Waals surface area contributed by atoms with Gasteiger partial charge >= 0.3 is 0 Å². The molecule has 1 aromatic heterocycles. The van der Waals surface area contributed by atoms with Gasteiger partial charge in [-0.2, -0.15) is 4.98 Å². The molecule has 26 heavy (non-hydrogen) atoms. The zero-order chi connectivity index (χ0) is 17.9. The van der Waals surface area contributed by atoms with E-state index in [1.165, 1.54) is 31.2 Å². The van der Waals surface area contributed by atoms with Gasteiger partial charge in [0.25, 0.3) is 6.01 Å². The fraction of sp³-hybridized carbons (Fsp3) is 0.591. The topological polar surface area (TPSA) is 32.5 Å². The summed E-state index contributed by atoms with van der Waals surface area (Å²) in [4.78, 5) is 9.75. The van der Waals surface area contributed by atoms with Crippen molar-refractivity contribution in [3.63, 3.8) is 0 Å². The van der Waals surface area contributed by atoms with Crippen LogP contribution < -0.4 is 9.80 Å². The predicted molar refractivity (Wildman–Crippen MR) is 107 cm³/mol. The van der Waals surface area contributed by atoms with Crippen molar-refractivity contribution in [2.75, 3.05) is 36.0 Å². The molecule has 2 aliphatic rings. The van der Waals surface area contributed by atoms with Gasteiger partial charge in [-0.05, 0) is 43.1 Å². The van der Waals surface area contributed by atoms with Gasteiger partial charge in [0, 0.05) is 32.6 Å². The fourth-order valence-electron chi connectivity index (χ4n) is 4.53. The molecule has 4 heteroatoms. The van der Waals surface area contributed by atoms with E-state index < -0.39 is 0 Å². The molecule has 0 N–H and O–H groups in total. The number of piperidine rings is 2. The van der Waals surface area contributed by atoms with Gasteiger partial charge in [0.1, 0.15) is 5.69 Å². The Morgan fingerprint density at radius 2 is 1.65 bits per heavy atom. The van der Waals surface area contributed by atoms with E-state index in [4.69, 9.17) is 9.40 Å². The Hall–Kier alpha value is -1.97. The van der Waals surface area contributed by atoms with Gasteiger partial charge in [0.05, 0.1) is 0 Å². The minimum atomic E-state index is 0.701. The zero-order valence-electron chi connectivity index (χ0n) is 16.2. The SMILES string of the molecule is CC1CC(C)CN(c2oc(N3CCCCC3)nc2Cc2ccccc2)C1. The van der Waals surface area contributed by atoms with Gasteiger partial charge in [-0.25, -0.2) is 0 Å². The molecule has 2 aromatic rings. The van der Waals surface area contributed by atoms with Crippen LogP contribution in [0.25, 0.3) is 0 Å². The Morgan fingerprint density at radius 1 is 0.962 bits per heavy atom. The third-order valence-corrected chi connectivity index (χ3v) is 5.66. The second-order valence-electron chi connectivity index (χ2n) is 8.31. The molecular weight excluding hydrogens is 322 g/mol. The summed E-state index contributed by atoms with van der Waals surface area (Å²) in [5.74, 6) is 2.41. The monoisotopic (exact) mass is 353 g/mol. The molecule has 2 fully saturated rings. The van der Waals surface area contributed by atoms with Crippen LogP contribution in [0.1, 0.15) is 50.8 Å². The summed E-state index contributed by atoms with van der Waals surface area (Å²) < 4.78 is 6.40. The van der Waals surface area contributed by atoms with Crippen molar-refractivity contribution in [1.82, 2.24) is 4.98 Å². The van der Waals surface area contributed by atoms with Crippen LogP contribution >= 0.6 is 0 Å². The molecule has 4 rings (SSSR count). The van der Waals surface area contributed by atoms with Gasteiger partial charge in [0.2, 0.25) is 5.88 Å². The van der Waals surface area contributed by atoms with Crippen molar-refractivity contribution in [3.05, 3.63) is 41.6 Å². The Balaban J connectivity index is 1.64. The lowest BCUT2D eigenvalue weighted by Gasteiger charge is -2.35. The van der Waals surface area contributed by atoms with Crippen molar-refractivity contribution >= 4 is 11.9 Å². The second kappa shape index (κ2) is 7.73. The Bertz CT molecular complexity index is 695. The van der Waals surface area contributed by atoms with Crippen LogP contribution in [0.3, 0.4) is 0 Å². The van der Waals surface area contributed by atoms with Crippen LogP contribution in [-0.2, 0) is 6.42 Å². The molecule has 2 saturated heterocycles. The van der Waals surface area contributed by atoms with Crippen LogP contribution in [0.2, 0.25) is 0 Å². The lowest BCUT2D eigenvalue weighted by molar-refractivity contribution is 0.342. The number of rotatable bonds is 4. The van der Waals surface area contributed by atoms with Crippen LogP contribution in [0.5, 0.6) is 0 Å². The molecule has 0 saturated carbocycles. The van der Waals surface area contributed by atoms with Crippen LogP contribution in [0.15, 0.2) is 34.7 Å². The number of benzene rings is 1. The highest BCUT2D eigenvalue weighted by Gasteiger charge is 2.28. The van der Waals surface area contributed by atoms with Gasteiger partial charge in [-0.3, -0.25) is 0 Å². The number of aromatic nitrogens is 1. The number of hydrogen-bond donors (Lipinski definition) is 0. The minimum Gasteiger partial charge on any atom is -0.407 e. The van der Waals surface area contributed by atoms with E-state index in [1.807, 2.05) is 0 Å². The Morgan fingerprint density at radius 3 is 2.35 bits per heavy atom. The Kier molecular flexibility index (Phi) is 5.18. The lowest BCUT2D eigenvalue weighted by atomic mass is 9.92. The van der Waals surface area contributed by atoms with Gasteiger partial charge < -0.3 is 14.2 Å². The third-order valence-electron chi connectivity index (χ3n) is 5.66. The minimum absolute atomic E-state index is 0.701. The van der Waals surface area contributed by atoms with E-state index in [0.29, 0.717) is 11.8 Å². The first-order valence-electron chi connectivity index (χ1n) is 10.2. The maximum absolute atomic E-state index is 6.40. The summed E-state index contributed by atoms with van der Waals surface area (Å²) in [5.41, 5.74) is 2.39. The molecule has 0 spiro atoms. The van der Waals surface area contributed by atoms with Crippen LogP contribution in [0, 0.1) is 11.8 Å². The molecule has 3 heterocycles. The normalized spacial score (nSPS) is 24.1. The maximum Gasteiger partial charge on any atom is 0.299 e. The molecule has 4 nitrogen and oxygen atoms in total. The summed E-state index contributed by atoms with van der Waals surface area (Å²) in [6.45, 7) is 8.97. The highest BCUT2D eigenvalue weighted by Crippen LogP contribution is 2.34. The number of oxazole rings is 1. The summed E-state index contributed by atoms with van der Waals surface area (Å²) >= 11 is 0. The second-order valence-corrected chi connectivity index (χ2v) is 8.31. The highest BCUT2D eigenvalue weighted by atomic mass is 16.4. The molecule has 2 unspecified atom stereocenters. The van der Waals surface area contributed by atoms with Crippen molar-refractivity contribution in [1.29, 1.82) is 0 Å². The summed E-state index contributed by atoms with van der Waals surface area (Å²) in [5, 5.41) is 0. The van der Waals surface area contributed by atoms with Crippen molar-refractivity contribution in [2.24, 2.45) is 11.8 Å². The first-order valence-corrected chi connectivity index (χ1v) is 10.2. The molecule has 140 valence electrons. The molecule has 0 aliphatic carbocycles. The summed E-state index contributed by atoms with van der Waals surface area (Å²) in [6, 6.07) is 11.5. The molecule has 2 atom stereocenters. The van der Waals surface area contributed by atoms with Gasteiger partial charge in [0.15, 0.2) is 0 Å². The fourth-order valence-corrected chi connectivity index (χ4v) is 4.53. The molecule has 1 aromatic carbocycles. The predicted octanol–water partition coefficient (Wildman–Crippen LogP) is 4.74. The third kappa shape index (κ3) is 3.89.